The Morgan fingerprint density at radius 2 is 2.44 bits per heavy atom. The number of nitrogens with zero attached hydrogens (tertiary/aromatic N) is 1. The zero-order chi connectivity index (χ0) is 12.2. The lowest BCUT2D eigenvalue weighted by atomic mass is 10.1. The Hall–Kier alpha value is -0.530. The van der Waals surface area contributed by atoms with Crippen molar-refractivity contribution in [2.24, 2.45) is 0 Å². The highest BCUT2D eigenvalue weighted by molar-refractivity contribution is 9.10. The van der Waals surface area contributed by atoms with Crippen molar-refractivity contribution in [1.29, 1.82) is 0 Å². The Bertz CT molecular complexity index is 408. The molecule has 0 saturated heterocycles. The van der Waals surface area contributed by atoms with Crippen LogP contribution in [0.2, 0.25) is 0 Å². The van der Waals surface area contributed by atoms with Gasteiger partial charge in [-0.05, 0) is 29.1 Å². The van der Waals surface area contributed by atoms with Crippen LogP contribution < -0.4 is 10.9 Å². The first-order valence-corrected chi connectivity index (χ1v) is 6.83. The Kier molecular flexibility index (Phi) is 4.82. The monoisotopic (exact) mass is 307 g/mol. The molecule has 1 unspecified atom stereocenters. The van der Waals surface area contributed by atoms with Crippen molar-refractivity contribution in [2.75, 3.05) is 23.9 Å². The molecule has 0 bridgehead atoms. The van der Waals surface area contributed by atoms with Gasteiger partial charge in [-0.25, -0.2) is 4.98 Å². The molecular weight excluding hydrogens is 294 g/mol. The third-order valence-electron chi connectivity index (χ3n) is 1.89. The Labute approximate surface area is 106 Å². The number of thioether (sulfide) groups is 1. The highest BCUT2D eigenvalue weighted by Gasteiger charge is 2.20. The van der Waals surface area contributed by atoms with Crippen molar-refractivity contribution < 1.29 is 5.11 Å². The molecule has 16 heavy (non-hydrogen) atoms. The van der Waals surface area contributed by atoms with Gasteiger partial charge in [0.15, 0.2) is 0 Å². The largest absolute Gasteiger partial charge is 0.387 e. The van der Waals surface area contributed by atoms with E-state index >= 15 is 0 Å². The molecule has 0 spiro atoms. The molecule has 0 fully saturated rings. The topological polar surface area (TPSA) is 78.0 Å². The lowest BCUT2D eigenvalue weighted by molar-refractivity contribution is 0.0996. The van der Waals surface area contributed by atoms with Crippen molar-refractivity contribution in [1.82, 2.24) is 9.97 Å². The van der Waals surface area contributed by atoms with Gasteiger partial charge < -0.3 is 15.4 Å². The fraction of sp³-hybridized carbons (Fsp3) is 0.556. The minimum absolute atomic E-state index is 0.248. The molecule has 7 heteroatoms. The van der Waals surface area contributed by atoms with Gasteiger partial charge in [-0.1, -0.05) is 0 Å². The SMILES string of the molecule is CSCC(C)(O)CNc1nc[nH]c(=O)c1Br. The molecule has 90 valence electrons. The van der Waals surface area contributed by atoms with Crippen molar-refractivity contribution in [3.8, 4) is 0 Å². The van der Waals surface area contributed by atoms with Crippen LogP contribution in [0.4, 0.5) is 5.82 Å². The van der Waals surface area contributed by atoms with Gasteiger partial charge in [0, 0.05) is 12.3 Å². The average Bonchev–Trinajstić information content (AvgIpc) is 2.20. The molecule has 1 rings (SSSR count). The smallest absolute Gasteiger partial charge is 0.267 e. The van der Waals surface area contributed by atoms with Crippen molar-refractivity contribution in [3.63, 3.8) is 0 Å². The van der Waals surface area contributed by atoms with Crippen LogP contribution in [0.25, 0.3) is 0 Å². The number of aromatic amines is 1. The molecule has 0 aliphatic heterocycles. The number of hydrogen-bond acceptors (Lipinski definition) is 5. The van der Waals surface area contributed by atoms with E-state index in [1.165, 1.54) is 6.33 Å². The molecule has 1 atom stereocenters. The van der Waals surface area contributed by atoms with Gasteiger partial charge in [0.1, 0.15) is 10.3 Å². The zero-order valence-corrected chi connectivity index (χ0v) is 11.5. The van der Waals surface area contributed by atoms with E-state index in [1.807, 2.05) is 6.26 Å². The maximum Gasteiger partial charge on any atom is 0.267 e. The van der Waals surface area contributed by atoms with Gasteiger partial charge in [0.25, 0.3) is 5.56 Å². The second kappa shape index (κ2) is 5.70. The van der Waals surface area contributed by atoms with Crippen molar-refractivity contribution >= 4 is 33.5 Å². The van der Waals surface area contributed by atoms with Gasteiger partial charge in [-0.15, -0.1) is 0 Å². The standard InChI is InChI=1S/C9H14BrN3O2S/c1-9(15,4-16-2)3-11-7-6(10)8(14)13-5-12-7/h5,15H,3-4H2,1-2H3,(H2,11,12,13,14). The van der Waals surface area contributed by atoms with Gasteiger partial charge in [0.05, 0.1) is 11.9 Å². The second-order valence-electron chi connectivity index (χ2n) is 3.68. The molecule has 0 radical (unpaired) electrons. The molecule has 1 heterocycles. The Balaban J connectivity index is 2.68. The van der Waals surface area contributed by atoms with Crippen LogP contribution >= 0.6 is 27.7 Å². The summed E-state index contributed by atoms with van der Waals surface area (Å²) >= 11 is 4.69. The summed E-state index contributed by atoms with van der Waals surface area (Å²) in [5.41, 5.74) is -1.08. The van der Waals surface area contributed by atoms with Crippen LogP contribution in [-0.2, 0) is 0 Å². The maximum atomic E-state index is 11.2. The quantitative estimate of drug-likeness (QED) is 0.758. The van der Waals surface area contributed by atoms with E-state index in [2.05, 4.69) is 31.2 Å². The van der Waals surface area contributed by atoms with Crippen molar-refractivity contribution in [2.45, 2.75) is 12.5 Å². The number of H-pyrrole nitrogens is 1. The van der Waals surface area contributed by atoms with Crippen LogP contribution in [-0.4, -0.2) is 39.2 Å². The summed E-state index contributed by atoms with van der Waals surface area (Å²) in [6.07, 6.45) is 3.24. The molecule has 0 aliphatic carbocycles. The highest BCUT2D eigenvalue weighted by atomic mass is 79.9. The minimum atomic E-state index is -0.830. The van der Waals surface area contributed by atoms with Crippen molar-refractivity contribution in [3.05, 3.63) is 21.2 Å². The molecule has 0 amide bonds. The predicted molar refractivity (Wildman–Crippen MR) is 70.1 cm³/mol. The molecule has 3 N–H and O–H groups in total. The summed E-state index contributed by atoms with van der Waals surface area (Å²) in [5, 5.41) is 12.9. The first-order chi connectivity index (χ1) is 7.46. The predicted octanol–water partition coefficient (Wildman–Crippen LogP) is 1.06. The number of rotatable bonds is 5. The minimum Gasteiger partial charge on any atom is -0.387 e. The summed E-state index contributed by atoms with van der Waals surface area (Å²) in [4.78, 5) is 17.7. The summed E-state index contributed by atoms with van der Waals surface area (Å²) in [6, 6.07) is 0. The number of nitrogens with one attached hydrogen (secondary N) is 2. The number of hydrogen-bond donors (Lipinski definition) is 3. The number of halogens is 1. The summed E-state index contributed by atoms with van der Waals surface area (Å²) < 4.78 is 0.343. The lowest BCUT2D eigenvalue weighted by Gasteiger charge is -2.22. The summed E-state index contributed by atoms with van der Waals surface area (Å²) in [5.74, 6) is 1.05. The molecule has 1 aromatic rings. The molecule has 0 aliphatic rings. The third-order valence-corrected chi connectivity index (χ3v) is 3.53. The van der Waals surface area contributed by atoms with E-state index in [0.717, 1.165) is 0 Å². The number of aliphatic hydroxyl groups is 1. The highest BCUT2D eigenvalue weighted by Crippen LogP contribution is 2.16. The van der Waals surface area contributed by atoms with E-state index in [4.69, 9.17) is 0 Å². The molecular formula is C9H14BrN3O2S. The summed E-state index contributed by atoms with van der Waals surface area (Å²) in [6.45, 7) is 2.07. The van der Waals surface area contributed by atoms with Crippen LogP contribution in [0, 0.1) is 0 Å². The van der Waals surface area contributed by atoms with Gasteiger partial charge in [-0.2, -0.15) is 11.8 Å². The first-order valence-electron chi connectivity index (χ1n) is 4.64. The maximum absolute atomic E-state index is 11.2. The van der Waals surface area contributed by atoms with Gasteiger partial charge >= 0.3 is 0 Å². The van der Waals surface area contributed by atoms with Crippen LogP contribution in [0.1, 0.15) is 6.92 Å². The second-order valence-corrected chi connectivity index (χ2v) is 5.34. The van der Waals surface area contributed by atoms with E-state index in [0.29, 0.717) is 22.6 Å². The lowest BCUT2D eigenvalue weighted by Crippen LogP contribution is -2.36. The van der Waals surface area contributed by atoms with Crippen LogP contribution in [0.3, 0.4) is 0 Å². The average molecular weight is 308 g/mol. The Morgan fingerprint density at radius 1 is 1.75 bits per heavy atom. The van der Waals surface area contributed by atoms with E-state index < -0.39 is 5.60 Å². The van der Waals surface area contributed by atoms with Gasteiger partial charge in [-0.3, -0.25) is 4.79 Å². The molecule has 5 nitrogen and oxygen atoms in total. The molecule has 0 aromatic carbocycles. The summed E-state index contributed by atoms with van der Waals surface area (Å²) in [7, 11) is 0. The van der Waals surface area contributed by atoms with E-state index in [-0.39, 0.29) is 5.56 Å². The number of aromatic nitrogens is 2. The Morgan fingerprint density at radius 3 is 3.06 bits per heavy atom. The number of anilines is 1. The van der Waals surface area contributed by atoms with E-state index in [9.17, 15) is 9.90 Å². The van der Waals surface area contributed by atoms with E-state index in [1.54, 1.807) is 18.7 Å². The van der Waals surface area contributed by atoms with Crippen LogP contribution in [0.5, 0.6) is 0 Å². The van der Waals surface area contributed by atoms with Gasteiger partial charge in [0.2, 0.25) is 0 Å². The zero-order valence-electron chi connectivity index (χ0n) is 9.08. The normalized spacial score (nSPS) is 14.5. The third kappa shape index (κ3) is 3.80. The fourth-order valence-electron chi connectivity index (χ4n) is 1.14. The van der Waals surface area contributed by atoms with Crippen LogP contribution in [0.15, 0.2) is 15.6 Å². The fourth-order valence-corrected chi connectivity index (χ4v) is 2.22. The molecule has 1 aromatic heterocycles. The first kappa shape index (κ1) is 13.5. The molecule has 0 saturated carbocycles.